The van der Waals surface area contributed by atoms with Crippen molar-refractivity contribution in [2.24, 2.45) is 11.7 Å². The van der Waals surface area contributed by atoms with Crippen molar-refractivity contribution in [2.45, 2.75) is 45.1 Å². The Morgan fingerprint density at radius 1 is 1.28 bits per heavy atom. The third-order valence-corrected chi connectivity index (χ3v) is 4.57. The van der Waals surface area contributed by atoms with Crippen molar-refractivity contribution in [1.29, 1.82) is 0 Å². The molecule has 2 fully saturated rings. The predicted molar refractivity (Wildman–Crippen MR) is 73.2 cm³/mol. The molecule has 1 atom stereocenters. The fourth-order valence-corrected chi connectivity index (χ4v) is 3.06. The van der Waals surface area contributed by atoms with Crippen LogP contribution >= 0.6 is 0 Å². The van der Waals surface area contributed by atoms with Crippen molar-refractivity contribution in [1.82, 2.24) is 9.80 Å². The summed E-state index contributed by atoms with van der Waals surface area (Å²) in [6.45, 7) is 6.87. The second kappa shape index (κ2) is 6.53. The first-order valence-electron chi connectivity index (χ1n) is 7.49. The highest BCUT2D eigenvalue weighted by Gasteiger charge is 2.32. The number of carbonyl (C=O) groups excluding carboxylic acids is 1. The second-order valence-corrected chi connectivity index (χ2v) is 5.63. The van der Waals surface area contributed by atoms with E-state index in [1.807, 2.05) is 0 Å². The van der Waals surface area contributed by atoms with Crippen LogP contribution < -0.4 is 5.73 Å². The van der Waals surface area contributed by atoms with Crippen LogP contribution in [-0.2, 0) is 4.79 Å². The molecule has 2 rings (SSSR count). The zero-order valence-corrected chi connectivity index (χ0v) is 11.6. The van der Waals surface area contributed by atoms with Gasteiger partial charge in [0.15, 0.2) is 0 Å². The molecule has 1 aliphatic carbocycles. The number of nitrogens with zero attached hydrogens (tertiary/aromatic N) is 2. The number of carbonyl (C=O) groups is 1. The number of nitrogens with two attached hydrogens (primary N) is 1. The summed E-state index contributed by atoms with van der Waals surface area (Å²) in [6.07, 6.45) is 5.71. The minimum atomic E-state index is 0.350. The summed E-state index contributed by atoms with van der Waals surface area (Å²) in [6, 6.07) is 0.607. The SMILES string of the molecule is CCC(CCN)N1CCN(C(=O)C2CCC2)CC1. The van der Waals surface area contributed by atoms with Gasteiger partial charge in [-0.05, 0) is 32.2 Å². The maximum absolute atomic E-state index is 12.1. The van der Waals surface area contributed by atoms with Gasteiger partial charge in [-0.3, -0.25) is 9.69 Å². The van der Waals surface area contributed by atoms with Crippen LogP contribution in [0.3, 0.4) is 0 Å². The standard InChI is InChI=1S/C14H27N3O/c1-2-13(6-7-15)16-8-10-17(11-9-16)14(18)12-4-3-5-12/h12-13H,2-11,15H2,1H3. The average Bonchev–Trinajstić information content (AvgIpc) is 2.34. The number of piperazine rings is 1. The van der Waals surface area contributed by atoms with Crippen molar-refractivity contribution in [3.8, 4) is 0 Å². The highest BCUT2D eigenvalue weighted by atomic mass is 16.2. The van der Waals surface area contributed by atoms with Gasteiger partial charge in [0, 0.05) is 38.1 Å². The normalized spacial score (nSPS) is 23.8. The van der Waals surface area contributed by atoms with E-state index in [2.05, 4.69) is 16.7 Å². The maximum atomic E-state index is 12.1. The molecule has 0 spiro atoms. The Kier molecular flexibility index (Phi) is 5.01. The van der Waals surface area contributed by atoms with Crippen LogP contribution in [0.5, 0.6) is 0 Å². The molecule has 0 radical (unpaired) electrons. The Morgan fingerprint density at radius 3 is 2.39 bits per heavy atom. The quantitative estimate of drug-likeness (QED) is 0.797. The fourth-order valence-electron chi connectivity index (χ4n) is 3.06. The molecule has 0 aromatic heterocycles. The van der Waals surface area contributed by atoms with E-state index in [9.17, 15) is 4.79 Å². The lowest BCUT2D eigenvalue weighted by atomic mass is 9.84. The van der Waals surface area contributed by atoms with E-state index in [1.54, 1.807) is 0 Å². The number of amides is 1. The maximum Gasteiger partial charge on any atom is 0.225 e. The van der Waals surface area contributed by atoms with Gasteiger partial charge in [0.1, 0.15) is 0 Å². The topological polar surface area (TPSA) is 49.6 Å². The highest BCUT2D eigenvalue weighted by Crippen LogP contribution is 2.28. The molecule has 18 heavy (non-hydrogen) atoms. The second-order valence-electron chi connectivity index (χ2n) is 5.63. The van der Waals surface area contributed by atoms with Crippen molar-refractivity contribution in [3.63, 3.8) is 0 Å². The van der Waals surface area contributed by atoms with Crippen LogP contribution in [0.4, 0.5) is 0 Å². The lowest BCUT2D eigenvalue weighted by Gasteiger charge is -2.41. The van der Waals surface area contributed by atoms with Gasteiger partial charge in [-0.15, -0.1) is 0 Å². The molecular formula is C14H27N3O. The molecule has 2 aliphatic rings. The van der Waals surface area contributed by atoms with Crippen LogP contribution in [0, 0.1) is 5.92 Å². The summed E-state index contributed by atoms with van der Waals surface area (Å²) < 4.78 is 0. The number of hydrogen-bond acceptors (Lipinski definition) is 3. The van der Waals surface area contributed by atoms with Gasteiger partial charge in [-0.2, -0.15) is 0 Å². The molecule has 0 aromatic carbocycles. The van der Waals surface area contributed by atoms with Gasteiger partial charge in [0.2, 0.25) is 5.91 Å². The molecule has 1 amide bonds. The molecule has 0 bridgehead atoms. The Bertz CT molecular complexity index is 270. The van der Waals surface area contributed by atoms with E-state index in [-0.39, 0.29) is 0 Å². The minimum Gasteiger partial charge on any atom is -0.340 e. The predicted octanol–water partition coefficient (Wildman–Crippen LogP) is 1.06. The third kappa shape index (κ3) is 3.04. The van der Waals surface area contributed by atoms with Gasteiger partial charge < -0.3 is 10.6 Å². The first kappa shape index (κ1) is 13.8. The van der Waals surface area contributed by atoms with E-state index in [1.165, 1.54) is 6.42 Å². The monoisotopic (exact) mass is 253 g/mol. The van der Waals surface area contributed by atoms with Gasteiger partial charge >= 0.3 is 0 Å². The summed E-state index contributed by atoms with van der Waals surface area (Å²) in [7, 11) is 0. The summed E-state index contributed by atoms with van der Waals surface area (Å²) in [5.41, 5.74) is 5.66. The minimum absolute atomic E-state index is 0.350. The lowest BCUT2D eigenvalue weighted by Crippen LogP contribution is -2.53. The van der Waals surface area contributed by atoms with Gasteiger partial charge in [0.25, 0.3) is 0 Å². The summed E-state index contributed by atoms with van der Waals surface area (Å²) >= 11 is 0. The summed E-state index contributed by atoms with van der Waals surface area (Å²) in [5, 5.41) is 0. The molecule has 1 aliphatic heterocycles. The first-order chi connectivity index (χ1) is 8.76. The molecule has 104 valence electrons. The first-order valence-corrected chi connectivity index (χ1v) is 7.49. The van der Waals surface area contributed by atoms with E-state index in [0.717, 1.165) is 58.4 Å². The van der Waals surface area contributed by atoms with E-state index in [4.69, 9.17) is 5.73 Å². The van der Waals surface area contributed by atoms with Gasteiger partial charge in [0.05, 0.1) is 0 Å². The van der Waals surface area contributed by atoms with Crippen LogP contribution in [-0.4, -0.2) is 54.5 Å². The summed E-state index contributed by atoms with van der Waals surface area (Å²) in [4.78, 5) is 16.7. The molecule has 2 N–H and O–H groups in total. The molecule has 1 unspecified atom stereocenters. The smallest absolute Gasteiger partial charge is 0.225 e. The van der Waals surface area contributed by atoms with Crippen molar-refractivity contribution < 1.29 is 4.79 Å². The van der Waals surface area contributed by atoms with Crippen LogP contribution in [0.1, 0.15) is 39.0 Å². The lowest BCUT2D eigenvalue weighted by molar-refractivity contribution is -0.140. The van der Waals surface area contributed by atoms with Crippen molar-refractivity contribution in [3.05, 3.63) is 0 Å². The molecule has 1 heterocycles. The zero-order valence-electron chi connectivity index (χ0n) is 11.6. The third-order valence-electron chi connectivity index (χ3n) is 4.57. The average molecular weight is 253 g/mol. The fraction of sp³-hybridized carbons (Fsp3) is 0.929. The van der Waals surface area contributed by atoms with E-state index in [0.29, 0.717) is 17.9 Å². The van der Waals surface area contributed by atoms with Crippen LogP contribution in [0.15, 0.2) is 0 Å². The van der Waals surface area contributed by atoms with Crippen LogP contribution in [0.25, 0.3) is 0 Å². The highest BCUT2D eigenvalue weighted by molar-refractivity contribution is 5.79. The van der Waals surface area contributed by atoms with Gasteiger partial charge in [-0.25, -0.2) is 0 Å². The van der Waals surface area contributed by atoms with Crippen molar-refractivity contribution >= 4 is 5.91 Å². The Morgan fingerprint density at radius 2 is 1.94 bits per heavy atom. The molecule has 1 saturated carbocycles. The molecule has 0 aromatic rings. The Labute approximate surface area is 110 Å². The molecule has 4 heteroatoms. The number of hydrogen-bond donors (Lipinski definition) is 1. The number of rotatable bonds is 5. The Balaban J connectivity index is 1.77. The zero-order chi connectivity index (χ0) is 13.0. The van der Waals surface area contributed by atoms with Crippen molar-refractivity contribution in [2.75, 3.05) is 32.7 Å². The molecule has 1 saturated heterocycles. The largest absolute Gasteiger partial charge is 0.340 e. The van der Waals surface area contributed by atoms with Gasteiger partial charge in [-0.1, -0.05) is 13.3 Å². The van der Waals surface area contributed by atoms with E-state index >= 15 is 0 Å². The van der Waals surface area contributed by atoms with Crippen LogP contribution in [0.2, 0.25) is 0 Å². The Hall–Kier alpha value is -0.610. The molecule has 4 nitrogen and oxygen atoms in total. The molecular weight excluding hydrogens is 226 g/mol. The van der Waals surface area contributed by atoms with E-state index < -0.39 is 0 Å². The summed E-state index contributed by atoms with van der Waals surface area (Å²) in [5.74, 6) is 0.760.